The summed E-state index contributed by atoms with van der Waals surface area (Å²) < 4.78 is 35.0. The molecular formula is C11H14N4O3S2. The highest BCUT2D eigenvalue weighted by Gasteiger charge is 2.43. The van der Waals surface area contributed by atoms with Gasteiger partial charge in [-0.1, -0.05) is 0 Å². The topological polar surface area (TPSA) is 98.7 Å². The Morgan fingerprint density at radius 3 is 3.05 bits per heavy atom. The molecule has 2 bridgehead atoms. The molecule has 3 N–H and O–H groups in total. The van der Waals surface area contributed by atoms with Gasteiger partial charge in [0, 0.05) is 11.6 Å². The molecule has 0 spiro atoms. The lowest BCUT2D eigenvalue weighted by Crippen LogP contribution is -2.41. The first-order valence-corrected chi connectivity index (χ1v) is 8.80. The number of fused-ring (bicyclic) bond motifs is 3. The largest absolute Gasteiger partial charge is 0.381 e. The minimum atomic E-state index is -3.70. The second-order valence-electron chi connectivity index (χ2n) is 5.20. The quantitative estimate of drug-likeness (QED) is 0.863. The standard InChI is InChI=1S/C11H14N4O3S2/c12-9-10(15-3-4-19-11(15)13-9)20(16,17)14-7-5-6-1-2-8(7)18-6/h3-4,6-8,14H,1-2,5,12H2. The van der Waals surface area contributed by atoms with E-state index in [9.17, 15) is 8.42 Å². The fourth-order valence-electron chi connectivity index (χ4n) is 3.07. The van der Waals surface area contributed by atoms with Crippen LogP contribution in [-0.2, 0) is 14.8 Å². The minimum Gasteiger partial charge on any atom is -0.381 e. The van der Waals surface area contributed by atoms with Crippen LogP contribution in [0.25, 0.3) is 4.96 Å². The van der Waals surface area contributed by atoms with E-state index in [4.69, 9.17) is 10.5 Å². The molecule has 0 aliphatic carbocycles. The molecule has 7 nitrogen and oxygen atoms in total. The summed E-state index contributed by atoms with van der Waals surface area (Å²) in [6, 6.07) is -0.165. The van der Waals surface area contributed by atoms with Gasteiger partial charge in [0.25, 0.3) is 10.0 Å². The predicted octanol–water partition coefficient (Wildman–Crippen LogP) is 0.576. The SMILES string of the molecule is Nc1nc2sccn2c1S(=O)(=O)NC1CC2CCC1O2. The predicted molar refractivity (Wildman–Crippen MR) is 74.1 cm³/mol. The van der Waals surface area contributed by atoms with Gasteiger partial charge in [-0.2, -0.15) is 0 Å². The summed E-state index contributed by atoms with van der Waals surface area (Å²) in [4.78, 5) is 4.65. The average molecular weight is 314 g/mol. The molecule has 2 aliphatic rings. The van der Waals surface area contributed by atoms with Gasteiger partial charge in [0.15, 0.2) is 15.8 Å². The highest BCUT2D eigenvalue weighted by Crippen LogP contribution is 2.35. The average Bonchev–Trinajstić information content (AvgIpc) is 3.06. The summed E-state index contributed by atoms with van der Waals surface area (Å²) in [6.07, 6.45) is 4.50. The smallest absolute Gasteiger partial charge is 0.260 e. The summed E-state index contributed by atoms with van der Waals surface area (Å²) in [6.45, 7) is 0. The first-order chi connectivity index (χ1) is 9.54. The number of ether oxygens (including phenoxy) is 1. The third-order valence-corrected chi connectivity index (χ3v) is 6.20. The monoisotopic (exact) mass is 314 g/mol. The summed E-state index contributed by atoms with van der Waals surface area (Å²) >= 11 is 1.35. The molecule has 2 aromatic heterocycles. The van der Waals surface area contributed by atoms with Crippen LogP contribution in [0.4, 0.5) is 5.82 Å². The van der Waals surface area contributed by atoms with Crippen LogP contribution in [0, 0.1) is 0 Å². The number of aromatic nitrogens is 2. The van der Waals surface area contributed by atoms with Crippen molar-refractivity contribution in [1.82, 2.24) is 14.1 Å². The van der Waals surface area contributed by atoms with Crippen molar-refractivity contribution in [2.45, 2.75) is 42.5 Å². The number of nitrogens with two attached hydrogens (primary N) is 1. The molecule has 3 unspecified atom stereocenters. The maximum absolute atomic E-state index is 12.6. The number of nitrogen functional groups attached to an aromatic ring is 1. The first kappa shape index (κ1) is 12.6. The van der Waals surface area contributed by atoms with Gasteiger partial charge < -0.3 is 10.5 Å². The van der Waals surface area contributed by atoms with E-state index < -0.39 is 10.0 Å². The number of imidazole rings is 1. The Balaban J connectivity index is 1.69. The highest BCUT2D eigenvalue weighted by molar-refractivity contribution is 7.89. The van der Waals surface area contributed by atoms with Gasteiger partial charge >= 0.3 is 0 Å². The van der Waals surface area contributed by atoms with Crippen molar-refractivity contribution >= 4 is 32.1 Å². The van der Waals surface area contributed by atoms with Crippen LogP contribution in [-0.4, -0.2) is 36.1 Å². The van der Waals surface area contributed by atoms with Crippen molar-refractivity contribution in [3.05, 3.63) is 11.6 Å². The molecule has 2 saturated heterocycles. The molecule has 0 amide bonds. The molecular weight excluding hydrogens is 300 g/mol. The van der Waals surface area contributed by atoms with Gasteiger partial charge in [-0.25, -0.2) is 18.1 Å². The van der Waals surface area contributed by atoms with E-state index in [0.717, 1.165) is 19.3 Å². The van der Waals surface area contributed by atoms with E-state index in [1.54, 1.807) is 11.6 Å². The Morgan fingerprint density at radius 2 is 2.35 bits per heavy atom. The van der Waals surface area contributed by atoms with Crippen molar-refractivity contribution < 1.29 is 13.2 Å². The van der Waals surface area contributed by atoms with Gasteiger partial charge in [0.2, 0.25) is 0 Å². The van der Waals surface area contributed by atoms with E-state index in [0.29, 0.717) is 4.96 Å². The molecule has 9 heteroatoms. The first-order valence-electron chi connectivity index (χ1n) is 6.43. The number of nitrogens with one attached hydrogen (secondary N) is 1. The highest BCUT2D eigenvalue weighted by atomic mass is 32.2. The van der Waals surface area contributed by atoms with Crippen molar-refractivity contribution in [3.63, 3.8) is 0 Å². The second kappa shape index (κ2) is 4.17. The molecule has 4 heterocycles. The lowest BCUT2D eigenvalue weighted by Gasteiger charge is -2.19. The van der Waals surface area contributed by atoms with Crippen molar-refractivity contribution in [3.8, 4) is 0 Å². The Morgan fingerprint density at radius 1 is 1.50 bits per heavy atom. The van der Waals surface area contributed by atoms with Crippen molar-refractivity contribution in [1.29, 1.82) is 0 Å². The van der Waals surface area contributed by atoms with E-state index in [1.165, 1.54) is 15.7 Å². The number of anilines is 1. The van der Waals surface area contributed by atoms with E-state index >= 15 is 0 Å². The minimum absolute atomic E-state index is 0.0121. The molecule has 2 aromatic rings. The van der Waals surface area contributed by atoms with Gasteiger partial charge in [0.05, 0.1) is 18.2 Å². The molecule has 108 valence electrons. The third-order valence-electron chi connectivity index (χ3n) is 3.91. The zero-order chi connectivity index (χ0) is 13.9. The van der Waals surface area contributed by atoms with Gasteiger partial charge in [-0.05, 0) is 19.3 Å². The number of hydrogen-bond acceptors (Lipinski definition) is 6. The molecule has 4 rings (SSSR count). The summed E-state index contributed by atoms with van der Waals surface area (Å²) in [5, 5.41) is 1.80. The third kappa shape index (κ3) is 1.77. The van der Waals surface area contributed by atoms with Crippen molar-refractivity contribution in [2.75, 3.05) is 5.73 Å². The molecule has 3 atom stereocenters. The molecule has 2 aliphatic heterocycles. The Hall–Kier alpha value is -1.16. The normalized spacial score (nSPS) is 29.5. The van der Waals surface area contributed by atoms with Crippen LogP contribution < -0.4 is 10.5 Å². The molecule has 2 fully saturated rings. The Labute approximate surface area is 119 Å². The maximum Gasteiger partial charge on any atom is 0.260 e. The van der Waals surface area contributed by atoms with Crippen LogP contribution in [0.5, 0.6) is 0 Å². The number of hydrogen-bond donors (Lipinski definition) is 2. The second-order valence-corrected chi connectivity index (χ2v) is 7.70. The van der Waals surface area contributed by atoms with E-state index in [-0.39, 0.29) is 29.1 Å². The molecule has 0 saturated carbocycles. The van der Waals surface area contributed by atoms with Crippen LogP contribution in [0.2, 0.25) is 0 Å². The molecule has 0 aromatic carbocycles. The zero-order valence-corrected chi connectivity index (χ0v) is 12.2. The van der Waals surface area contributed by atoms with E-state index in [1.807, 2.05) is 0 Å². The van der Waals surface area contributed by atoms with Crippen LogP contribution in [0.15, 0.2) is 16.6 Å². The number of sulfonamides is 1. The fraction of sp³-hybridized carbons (Fsp3) is 0.545. The maximum atomic E-state index is 12.6. The Bertz CT molecular complexity index is 766. The van der Waals surface area contributed by atoms with Crippen LogP contribution in [0.1, 0.15) is 19.3 Å². The lowest BCUT2D eigenvalue weighted by molar-refractivity contribution is 0.0996. The summed E-state index contributed by atoms with van der Waals surface area (Å²) in [5.74, 6) is 0.0356. The number of nitrogens with zero attached hydrogens (tertiary/aromatic N) is 2. The van der Waals surface area contributed by atoms with Gasteiger partial charge in [-0.15, -0.1) is 11.3 Å². The summed E-state index contributed by atoms with van der Waals surface area (Å²) in [5.41, 5.74) is 5.76. The zero-order valence-electron chi connectivity index (χ0n) is 10.5. The fourth-order valence-corrected chi connectivity index (χ4v) is 5.33. The number of rotatable bonds is 3. The summed E-state index contributed by atoms with van der Waals surface area (Å²) in [7, 11) is -3.70. The van der Waals surface area contributed by atoms with E-state index in [2.05, 4.69) is 9.71 Å². The van der Waals surface area contributed by atoms with Crippen LogP contribution >= 0.6 is 11.3 Å². The van der Waals surface area contributed by atoms with Crippen LogP contribution in [0.3, 0.4) is 0 Å². The van der Waals surface area contributed by atoms with Gasteiger partial charge in [0.1, 0.15) is 0 Å². The lowest BCUT2D eigenvalue weighted by atomic mass is 9.96. The van der Waals surface area contributed by atoms with Gasteiger partial charge in [-0.3, -0.25) is 4.40 Å². The molecule has 20 heavy (non-hydrogen) atoms. The van der Waals surface area contributed by atoms with Crippen molar-refractivity contribution in [2.24, 2.45) is 0 Å². The Kier molecular flexibility index (Phi) is 2.62. The number of thiazole rings is 1. The molecule has 0 radical (unpaired) electrons.